The van der Waals surface area contributed by atoms with Crippen LogP contribution >= 0.6 is 15.9 Å². The van der Waals surface area contributed by atoms with E-state index in [2.05, 4.69) is 53.7 Å². The van der Waals surface area contributed by atoms with Crippen LogP contribution in [0.25, 0.3) is 10.4 Å². The van der Waals surface area contributed by atoms with Gasteiger partial charge in [0.1, 0.15) is 12.2 Å². The van der Waals surface area contributed by atoms with E-state index in [1.54, 1.807) is 24.3 Å². The molecule has 0 N–H and O–H groups in total. The average molecular weight is 973 g/mol. The molecule has 64 heavy (non-hydrogen) atoms. The molecule has 2 aliphatic heterocycles. The molecule has 360 valence electrons. The zero-order chi connectivity index (χ0) is 57.3. The number of carbonyl (C=O) groups excluding carboxylic acids is 2. The smallest absolute Gasteiger partial charge is 0.309 e. The largest absolute Gasteiger partial charge is 0.493 e. The Bertz CT molecular complexity index is 2170. The fourth-order valence-electron chi connectivity index (χ4n) is 8.07. The van der Waals surface area contributed by atoms with Crippen molar-refractivity contribution in [3.05, 3.63) is 58.0 Å². The first-order valence-corrected chi connectivity index (χ1v) is 23.3. The molecular weight excluding hydrogens is 882 g/mol. The van der Waals surface area contributed by atoms with E-state index in [1.165, 1.54) is 6.07 Å². The molecule has 0 aliphatic carbocycles. The van der Waals surface area contributed by atoms with Gasteiger partial charge in [0, 0.05) is 45.0 Å². The summed E-state index contributed by atoms with van der Waals surface area (Å²) in [5, 5.41) is 3.99. The molecule has 0 saturated carbocycles. The van der Waals surface area contributed by atoms with Gasteiger partial charge in [0.05, 0.1) is 66.4 Å². The number of alkyl halides is 1. The van der Waals surface area contributed by atoms with E-state index in [0.29, 0.717) is 44.4 Å². The van der Waals surface area contributed by atoms with Gasteiger partial charge in [-0.3, -0.25) is 9.59 Å². The SMILES string of the molecule is [2H]C([2H])([2H])OCCCOc1cc(C[C@@H](CC(Br)C2C[C@@H](C(C)C)C(=O)O2)C(C)C)ccc1OC([2H])([2H])[2H].[2H]C([2H])([2H])OCCCOc1cc(C[C@@H](CC(N=[N+]=[N-])C2C[C@@H](C(C)C)C(=O)O2)C(C)C)ccc1OC([2H])([2H])[2H]. The summed E-state index contributed by atoms with van der Waals surface area (Å²) in [5.41, 5.74) is 11.0. The Morgan fingerprint density at radius 2 is 1.16 bits per heavy atom. The van der Waals surface area contributed by atoms with Gasteiger partial charge >= 0.3 is 11.9 Å². The van der Waals surface area contributed by atoms with Gasteiger partial charge in [0.15, 0.2) is 23.0 Å². The Kier molecular flexibility index (Phi) is 17.0. The summed E-state index contributed by atoms with van der Waals surface area (Å²) in [4.78, 5) is 27.6. The number of carbonyl (C=O) groups is 2. The number of halogens is 1. The molecule has 14 heteroatoms. The first-order valence-electron chi connectivity index (χ1n) is 28.4. The van der Waals surface area contributed by atoms with Gasteiger partial charge < -0.3 is 37.9 Å². The molecule has 0 aromatic heterocycles. The average Bonchev–Trinajstić information content (AvgIpc) is 3.88. The van der Waals surface area contributed by atoms with Crippen molar-refractivity contribution in [2.45, 2.75) is 130 Å². The lowest BCUT2D eigenvalue weighted by atomic mass is 9.82. The van der Waals surface area contributed by atoms with Crippen molar-refractivity contribution in [3.63, 3.8) is 0 Å². The van der Waals surface area contributed by atoms with E-state index in [9.17, 15) is 15.1 Å². The van der Waals surface area contributed by atoms with Crippen molar-refractivity contribution >= 4 is 27.9 Å². The molecule has 4 rings (SSSR count). The van der Waals surface area contributed by atoms with Gasteiger partial charge in [-0.05, 0) is 115 Å². The number of ether oxygens (including phenoxy) is 8. The molecule has 2 saturated heterocycles. The van der Waals surface area contributed by atoms with Crippen LogP contribution in [0.2, 0.25) is 0 Å². The number of hydrogen-bond donors (Lipinski definition) is 0. The Labute approximate surface area is 408 Å². The first kappa shape index (κ1) is 38.4. The predicted molar refractivity (Wildman–Crippen MR) is 255 cm³/mol. The van der Waals surface area contributed by atoms with Gasteiger partial charge in [0.2, 0.25) is 0 Å². The standard InChI is InChI=1S/C25H39BrO5.C25H39N3O5/c1-16(2)19(14-21(26)23-15-20(17(3)4)25(27)31-23)12-18-8-9-22(29-6)24(13-18)30-11-7-10-28-5;1-16(2)19(14-21(27-28-26)23-15-20(17(3)4)25(29)33-23)12-18-8-9-22(31-6)24(13-18)32-11-7-10-30-5/h8-9,13,16-17,19-21,23H,7,10-12,14-15H2,1-6H3;8-9,13,16-17,19-21,23H,7,10-12,14-15H2,1-6H3/t2*19-,20-,21?,23?/m00/s1/i2*5D3,6D3. The van der Waals surface area contributed by atoms with Crippen molar-refractivity contribution in [2.24, 2.45) is 52.5 Å². The summed E-state index contributed by atoms with van der Waals surface area (Å²) in [6.07, 6.45) is 3.74. The quantitative estimate of drug-likeness (QED) is 0.0211. The lowest BCUT2D eigenvalue weighted by molar-refractivity contribution is -0.146. The van der Waals surface area contributed by atoms with Gasteiger partial charge in [-0.2, -0.15) is 0 Å². The molecule has 2 aromatic rings. The van der Waals surface area contributed by atoms with Crippen molar-refractivity contribution in [1.29, 1.82) is 0 Å². The van der Waals surface area contributed by atoms with Crippen LogP contribution in [0.15, 0.2) is 41.5 Å². The van der Waals surface area contributed by atoms with E-state index in [4.69, 9.17) is 54.3 Å². The van der Waals surface area contributed by atoms with Crippen LogP contribution in [0.5, 0.6) is 23.0 Å². The van der Waals surface area contributed by atoms with Crippen LogP contribution in [0.4, 0.5) is 0 Å². The van der Waals surface area contributed by atoms with E-state index in [-0.39, 0.29) is 120 Å². The van der Waals surface area contributed by atoms with Crippen LogP contribution < -0.4 is 18.9 Å². The highest BCUT2D eigenvalue weighted by Crippen LogP contribution is 2.38. The van der Waals surface area contributed by atoms with Crippen LogP contribution in [0.1, 0.15) is 121 Å². The van der Waals surface area contributed by atoms with Crippen LogP contribution in [-0.2, 0) is 41.4 Å². The first-order chi connectivity index (χ1) is 35.1. The minimum atomic E-state index is -2.68. The van der Waals surface area contributed by atoms with Gasteiger partial charge in [-0.15, -0.1) is 0 Å². The maximum absolute atomic E-state index is 12.3. The molecule has 2 fully saturated rings. The number of rotatable bonds is 27. The van der Waals surface area contributed by atoms with Crippen molar-refractivity contribution < 1.29 is 63.9 Å². The highest BCUT2D eigenvalue weighted by molar-refractivity contribution is 9.09. The van der Waals surface area contributed by atoms with E-state index in [1.807, 2.05) is 33.8 Å². The van der Waals surface area contributed by atoms with Crippen molar-refractivity contribution in [3.8, 4) is 23.0 Å². The third-order valence-corrected chi connectivity index (χ3v) is 13.2. The molecule has 0 spiro atoms. The number of cyclic esters (lactones) is 2. The second kappa shape index (κ2) is 28.4. The molecule has 0 bridgehead atoms. The third kappa shape index (κ3) is 17.3. The molecule has 0 radical (unpaired) electrons. The van der Waals surface area contributed by atoms with Crippen LogP contribution in [-0.4, -0.2) is 89.6 Å². The molecule has 0 amide bonds. The Hall–Kier alpha value is -3.71. The number of hydrogen-bond acceptors (Lipinski definition) is 11. The highest BCUT2D eigenvalue weighted by Gasteiger charge is 2.42. The third-order valence-electron chi connectivity index (χ3n) is 12.2. The van der Waals surface area contributed by atoms with Crippen LogP contribution in [0, 0.1) is 47.3 Å². The highest BCUT2D eigenvalue weighted by atomic mass is 79.9. The minimum absolute atomic E-state index is 0.0167. The predicted octanol–water partition coefficient (Wildman–Crippen LogP) is 11.2. The zero-order valence-electron chi connectivity index (χ0n) is 50.7. The van der Waals surface area contributed by atoms with E-state index >= 15 is 0 Å². The van der Waals surface area contributed by atoms with Crippen molar-refractivity contribution in [2.75, 3.05) is 54.6 Å². The lowest BCUT2D eigenvalue weighted by Crippen LogP contribution is -2.29. The molecule has 8 atom stereocenters. The number of nitrogens with zero attached hydrogens (tertiary/aromatic N) is 3. The number of esters is 2. The van der Waals surface area contributed by atoms with Gasteiger partial charge in [-0.25, -0.2) is 0 Å². The topological polar surface area (TPSA) is 157 Å². The van der Waals surface area contributed by atoms with Gasteiger partial charge in [-0.1, -0.05) is 88.6 Å². The number of azide groups is 1. The zero-order valence-corrected chi connectivity index (χ0v) is 40.3. The Morgan fingerprint density at radius 3 is 1.58 bits per heavy atom. The molecule has 2 aliphatic rings. The normalized spacial score (nSPS) is 23.8. The second-order valence-corrected chi connectivity index (χ2v) is 19.3. The second-order valence-electron chi connectivity index (χ2n) is 18.2. The molecule has 4 unspecified atom stereocenters. The maximum Gasteiger partial charge on any atom is 0.309 e. The Morgan fingerprint density at radius 1 is 0.688 bits per heavy atom. The number of benzene rings is 2. The maximum atomic E-state index is 12.3. The Balaban J connectivity index is 0.000000401. The lowest BCUT2D eigenvalue weighted by Gasteiger charge is -2.27. The summed E-state index contributed by atoms with van der Waals surface area (Å²) in [5.74, 6) is 1.18. The van der Waals surface area contributed by atoms with E-state index < -0.39 is 40.3 Å². The minimum Gasteiger partial charge on any atom is -0.493 e. The summed E-state index contributed by atoms with van der Waals surface area (Å²) < 4.78 is 130. The fraction of sp³-hybridized carbons (Fsp3) is 0.720. The monoisotopic (exact) mass is 972 g/mol. The summed E-state index contributed by atoms with van der Waals surface area (Å²) in [6, 6.07) is 9.67. The molecular formula is C50H78BrN3O10. The van der Waals surface area contributed by atoms with E-state index in [0.717, 1.165) is 17.5 Å². The van der Waals surface area contributed by atoms with Gasteiger partial charge in [0.25, 0.3) is 0 Å². The fourth-order valence-corrected chi connectivity index (χ4v) is 8.87. The summed E-state index contributed by atoms with van der Waals surface area (Å²) in [7, 11) is -10.3. The van der Waals surface area contributed by atoms with Crippen molar-refractivity contribution in [1.82, 2.24) is 0 Å². The molecule has 2 aromatic carbocycles. The summed E-state index contributed by atoms with van der Waals surface area (Å²) in [6.45, 7) is 16.6. The van der Waals surface area contributed by atoms with Crippen LogP contribution in [0.3, 0.4) is 0 Å². The number of methoxy groups -OCH3 is 4. The molecule has 2 heterocycles. The molecule has 13 nitrogen and oxygen atoms in total. The summed E-state index contributed by atoms with van der Waals surface area (Å²) >= 11 is 3.78.